The highest BCUT2D eigenvalue weighted by Crippen LogP contribution is 2.30. The second kappa shape index (κ2) is 8.14. The van der Waals surface area contributed by atoms with Crippen molar-refractivity contribution in [3.8, 4) is 0 Å². The number of hydrogen-bond acceptors (Lipinski definition) is 4. The van der Waals surface area contributed by atoms with Gasteiger partial charge in [0.1, 0.15) is 6.61 Å². The lowest BCUT2D eigenvalue weighted by atomic mass is 9.94. The van der Waals surface area contributed by atoms with Gasteiger partial charge in [-0.15, -0.1) is 0 Å². The summed E-state index contributed by atoms with van der Waals surface area (Å²) in [6.07, 6.45) is 6.49. The topological polar surface area (TPSA) is 70.2 Å². The van der Waals surface area contributed by atoms with Crippen LogP contribution in [0.4, 0.5) is 5.69 Å². The fourth-order valence-electron chi connectivity index (χ4n) is 2.90. The molecule has 1 aromatic heterocycles. The SMILES string of the molecule is CCCCN1CCCC(c2[nH]ncc2NC(=O)COC)C1. The van der Waals surface area contributed by atoms with Gasteiger partial charge in [-0.05, 0) is 32.4 Å². The van der Waals surface area contributed by atoms with Crippen LogP contribution in [0.1, 0.15) is 44.2 Å². The lowest BCUT2D eigenvalue weighted by molar-refractivity contribution is -0.119. The lowest BCUT2D eigenvalue weighted by Crippen LogP contribution is -2.35. The van der Waals surface area contributed by atoms with Crippen molar-refractivity contribution in [3.63, 3.8) is 0 Å². The molecule has 21 heavy (non-hydrogen) atoms. The van der Waals surface area contributed by atoms with E-state index in [1.807, 2.05) is 0 Å². The Labute approximate surface area is 126 Å². The summed E-state index contributed by atoms with van der Waals surface area (Å²) in [5.74, 6) is 0.273. The van der Waals surface area contributed by atoms with Crippen molar-refractivity contribution in [2.75, 3.05) is 38.7 Å². The number of H-pyrrole nitrogens is 1. The highest BCUT2D eigenvalue weighted by atomic mass is 16.5. The minimum absolute atomic E-state index is 0.0674. The number of amides is 1. The number of nitrogens with zero attached hydrogens (tertiary/aromatic N) is 2. The summed E-state index contributed by atoms with van der Waals surface area (Å²) in [5, 5.41) is 10.0. The van der Waals surface area contributed by atoms with Gasteiger partial charge in [0, 0.05) is 19.6 Å². The van der Waals surface area contributed by atoms with Gasteiger partial charge in [0.05, 0.1) is 17.6 Å². The van der Waals surface area contributed by atoms with Crippen molar-refractivity contribution in [3.05, 3.63) is 11.9 Å². The Balaban J connectivity index is 1.97. The second-order valence-electron chi connectivity index (χ2n) is 5.67. The molecule has 1 aliphatic rings. The number of methoxy groups -OCH3 is 1. The molecule has 1 aliphatic heterocycles. The molecule has 1 unspecified atom stereocenters. The number of ether oxygens (including phenoxy) is 1. The van der Waals surface area contributed by atoms with Crippen molar-refractivity contribution in [1.29, 1.82) is 0 Å². The monoisotopic (exact) mass is 294 g/mol. The molecular formula is C15H26N4O2. The Morgan fingerprint density at radius 3 is 3.24 bits per heavy atom. The van der Waals surface area contributed by atoms with Crippen LogP contribution in [0, 0.1) is 0 Å². The maximum Gasteiger partial charge on any atom is 0.250 e. The van der Waals surface area contributed by atoms with Gasteiger partial charge in [-0.3, -0.25) is 9.89 Å². The molecule has 6 heteroatoms. The first-order valence-electron chi connectivity index (χ1n) is 7.79. The van der Waals surface area contributed by atoms with Gasteiger partial charge in [0.2, 0.25) is 5.91 Å². The molecule has 1 saturated heterocycles. The second-order valence-corrected chi connectivity index (χ2v) is 5.67. The van der Waals surface area contributed by atoms with E-state index >= 15 is 0 Å². The molecule has 0 bridgehead atoms. The number of carbonyl (C=O) groups is 1. The van der Waals surface area contributed by atoms with Crippen molar-refractivity contribution >= 4 is 11.6 Å². The molecule has 0 aliphatic carbocycles. The molecule has 1 amide bonds. The smallest absolute Gasteiger partial charge is 0.250 e. The van der Waals surface area contributed by atoms with Crippen LogP contribution < -0.4 is 5.32 Å². The zero-order chi connectivity index (χ0) is 15.1. The fraction of sp³-hybridized carbons (Fsp3) is 0.733. The van der Waals surface area contributed by atoms with Crippen LogP contribution in [0.3, 0.4) is 0 Å². The predicted molar refractivity (Wildman–Crippen MR) is 82.4 cm³/mol. The van der Waals surface area contributed by atoms with Crippen molar-refractivity contribution in [2.45, 2.75) is 38.5 Å². The van der Waals surface area contributed by atoms with Gasteiger partial charge in [-0.1, -0.05) is 13.3 Å². The summed E-state index contributed by atoms with van der Waals surface area (Å²) in [6, 6.07) is 0. The molecule has 0 aromatic carbocycles. The lowest BCUT2D eigenvalue weighted by Gasteiger charge is -2.32. The Morgan fingerprint density at radius 1 is 1.62 bits per heavy atom. The summed E-state index contributed by atoms with van der Waals surface area (Å²) < 4.78 is 4.85. The third-order valence-corrected chi connectivity index (χ3v) is 3.96. The van der Waals surface area contributed by atoms with E-state index in [1.54, 1.807) is 6.20 Å². The van der Waals surface area contributed by atoms with Crippen molar-refractivity contribution in [1.82, 2.24) is 15.1 Å². The van der Waals surface area contributed by atoms with E-state index in [0.717, 1.165) is 30.9 Å². The number of anilines is 1. The van der Waals surface area contributed by atoms with Crippen LogP contribution in [-0.4, -0.2) is 54.4 Å². The van der Waals surface area contributed by atoms with E-state index in [0.29, 0.717) is 5.92 Å². The highest BCUT2D eigenvalue weighted by molar-refractivity contribution is 5.92. The molecule has 0 radical (unpaired) electrons. The minimum atomic E-state index is -0.140. The van der Waals surface area contributed by atoms with E-state index in [4.69, 9.17) is 4.74 Å². The Hall–Kier alpha value is -1.40. The average molecular weight is 294 g/mol. The van der Waals surface area contributed by atoms with E-state index in [1.165, 1.54) is 32.9 Å². The zero-order valence-electron chi connectivity index (χ0n) is 13.0. The summed E-state index contributed by atoms with van der Waals surface area (Å²) in [6.45, 7) is 5.66. The predicted octanol–water partition coefficient (Wildman–Crippen LogP) is 1.97. The van der Waals surface area contributed by atoms with Gasteiger partial charge >= 0.3 is 0 Å². The third-order valence-electron chi connectivity index (χ3n) is 3.96. The Bertz CT molecular complexity index is 447. The van der Waals surface area contributed by atoms with Crippen LogP contribution >= 0.6 is 0 Å². The third kappa shape index (κ3) is 4.54. The molecular weight excluding hydrogens is 268 g/mol. The molecule has 2 rings (SSSR count). The van der Waals surface area contributed by atoms with E-state index in [2.05, 4.69) is 27.3 Å². The minimum Gasteiger partial charge on any atom is -0.375 e. The quantitative estimate of drug-likeness (QED) is 0.806. The molecule has 118 valence electrons. The first-order chi connectivity index (χ1) is 10.2. The number of nitrogens with one attached hydrogen (secondary N) is 2. The maximum atomic E-state index is 11.7. The van der Waals surface area contributed by atoms with Gasteiger partial charge < -0.3 is 15.0 Å². The number of piperidine rings is 1. The molecule has 2 N–H and O–H groups in total. The van der Waals surface area contributed by atoms with Crippen molar-refractivity contribution < 1.29 is 9.53 Å². The molecule has 6 nitrogen and oxygen atoms in total. The average Bonchev–Trinajstić information content (AvgIpc) is 2.93. The number of likely N-dealkylation sites (tertiary alicyclic amines) is 1. The number of hydrogen-bond donors (Lipinski definition) is 2. The van der Waals surface area contributed by atoms with Crippen LogP contribution in [0.5, 0.6) is 0 Å². The number of rotatable bonds is 7. The van der Waals surface area contributed by atoms with Gasteiger partial charge in [0.15, 0.2) is 0 Å². The zero-order valence-corrected chi connectivity index (χ0v) is 13.0. The van der Waals surface area contributed by atoms with E-state index in [-0.39, 0.29) is 12.5 Å². The Morgan fingerprint density at radius 2 is 2.48 bits per heavy atom. The molecule has 0 spiro atoms. The number of aromatic nitrogens is 2. The van der Waals surface area contributed by atoms with Crippen molar-refractivity contribution in [2.24, 2.45) is 0 Å². The number of unbranched alkanes of at least 4 members (excludes halogenated alkanes) is 1. The number of aromatic amines is 1. The van der Waals surface area contributed by atoms with E-state index in [9.17, 15) is 4.79 Å². The number of carbonyl (C=O) groups excluding carboxylic acids is 1. The van der Waals surface area contributed by atoms with Crippen LogP contribution in [0.2, 0.25) is 0 Å². The summed E-state index contributed by atoms with van der Waals surface area (Å²) >= 11 is 0. The normalized spacial score (nSPS) is 19.6. The molecule has 0 saturated carbocycles. The van der Waals surface area contributed by atoms with Gasteiger partial charge in [0.25, 0.3) is 0 Å². The summed E-state index contributed by atoms with van der Waals surface area (Å²) in [5.41, 5.74) is 1.83. The summed E-state index contributed by atoms with van der Waals surface area (Å²) in [4.78, 5) is 14.2. The first-order valence-corrected chi connectivity index (χ1v) is 7.79. The van der Waals surface area contributed by atoms with Crippen LogP contribution in [0.25, 0.3) is 0 Å². The maximum absolute atomic E-state index is 11.7. The molecule has 1 aromatic rings. The molecule has 1 atom stereocenters. The van der Waals surface area contributed by atoms with Gasteiger partial charge in [-0.2, -0.15) is 5.10 Å². The highest BCUT2D eigenvalue weighted by Gasteiger charge is 2.24. The Kier molecular flexibility index (Phi) is 6.20. The van der Waals surface area contributed by atoms with E-state index < -0.39 is 0 Å². The van der Waals surface area contributed by atoms with Gasteiger partial charge in [-0.25, -0.2) is 0 Å². The fourth-order valence-corrected chi connectivity index (χ4v) is 2.90. The standard InChI is InChI=1S/C15H26N4O2/c1-3-4-7-19-8-5-6-12(10-19)15-13(9-16-18-15)17-14(20)11-21-2/h9,12H,3-8,10-11H2,1-2H3,(H,16,18)(H,17,20). The molecule has 2 heterocycles. The van der Waals surface area contributed by atoms with Crippen LogP contribution in [0.15, 0.2) is 6.20 Å². The molecule has 1 fully saturated rings. The summed E-state index contributed by atoms with van der Waals surface area (Å²) in [7, 11) is 1.52. The first kappa shape index (κ1) is 16.0. The van der Waals surface area contributed by atoms with Crippen LogP contribution in [-0.2, 0) is 9.53 Å². The largest absolute Gasteiger partial charge is 0.375 e.